The van der Waals surface area contributed by atoms with Crippen LogP contribution in [0.15, 0.2) is 12.4 Å². The molecule has 0 amide bonds. The Labute approximate surface area is 77.8 Å². The van der Waals surface area contributed by atoms with E-state index in [-0.39, 0.29) is 0 Å². The molecule has 0 saturated carbocycles. The van der Waals surface area contributed by atoms with Crippen molar-refractivity contribution < 1.29 is 0 Å². The fourth-order valence-electron chi connectivity index (χ4n) is 1.13. The Morgan fingerprint density at radius 3 is 2.77 bits per heavy atom. The summed E-state index contributed by atoms with van der Waals surface area (Å²) in [5, 5.41) is 8.76. The average Bonchev–Trinajstić information content (AvgIpc) is 2.18. The van der Waals surface area contributed by atoms with Gasteiger partial charge in [-0.1, -0.05) is 6.92 Å². The third kappa shape index (κ3) is 2.15. The minimum Gasteiger partial charge on any atom is -0.357 e. The van der Waals surface area contributed by atoms with Crippen LogP contribution < -0.4 is 4.90 Å². The lowest BCUT2D eigenvalue weighted by Gasteiger charge is -2.16. The van der Waals surface area contributed by atoms with Crippen LogP contribution in [0.5, 0.6) is 0 Å². The third-order valence-corrected chi connectivity index (χ3v) is 1.71. The molecule has 0 fully saturated rings. The van der Waals surface area contributed by atoms with Crippen LogP contribution in [0.4, 0.5) is 5.82 Å². The smallest absolute Gasteiger partial charge is 0.183 e. The minimum absolute atomic E-state index is 0.387. The molecule has 1 heterocycles. The van der Waals surface area contributed by atoms with Crippen LogP contribution in [-0.2, 0) is 0 Å². The number of rotatable bonds is 3. The zero-order chi connectivity index (χ0) is 9.68. The second-order valence-electron chi connectivity index (χ2n) is 2.76. The molecule has 0 aliphatic heterocycles. The van der Waals surface area contributed by atoms with Gasteiger partial charge in [0.2, 0.25) is 0 Å². The van der Waals surface area contributed by atoms with Crippen molar-refractivity contribution in [1.82, 2.24) is 9.97 Å². The van der Waals surface area contributed by atoms with Crippen LogP contribution >= 0.6 is 0 Å². The molecule has 68 valence electrons. The van der Waals surface area contributed by atoms with E-state index in [1.807, 2.05) is 18.0 Å². The number of nitriles is 1. The van der Waals surface area contributed by atoms with Gasteiger partial charge in [0.25, 0.3) is 0 Å². The topological polar surface area (TPSA) is 52.8 Å². The number of nitrogens with zero attached hydrogens (tertiary/aromatic N) is 4. The summed E-state index contributed by atoms with van der Waals surface area (Å²) in [4.78, 5) is 9.98. The Balaban J connectivity index is 2.93. The molecule has 13 heavy (non-hydrogen) atoms. The second-order valence-corrected chi connectivity index (χ2v) is 2.76. The molecule has 0 spiro atoms. The molecule has 0 aliphatic carbocycles. The molecular weight excluding hydrogens is 164 g/mol. The molecule has 0 bridgehead atoms. The zero-order valence-electron chi connectivity index (χ0n) is 7.86. The Hall–Kier alpha value is -1.63. The van der Waals surface area contributed by atoms with Gasteiger partial charge in [-0.2, -0.15) is 5.26 Å². The van der Waals surface area contributed by atoms with Crippen molar-refractivity contribution in [3.8, 4) is 6.07 Å². The summed E-state index contributed by atoms with van der Waals surface area (Å²) in [6.07, 6.45) is 4.15. The van der Waals surface area contributed by atoms with Gasteiger partial charge in [-0.05, 0) is 6.42 Å². The van der Waals surface area contributed by atoms with E-state index in [0.717, 1.165) is 13.0 Å². The van der Waals surface area contributed by atoms with Crippen molar-refractivity contribution in [3.05, 3.63) is 18.1 Å². The molecule has 0 aromatic carbocycles. The first-order valence-electron chi connectivity index (χ1n) is 4.21. The molecule has 0 atom stereocenters. The average molecular weight is 176 g/mol. The van der Waals surface area contributed by atoms with E-state index in [9.17, 15) is 0 Å². The van der Waals surface area contributed by atoms with Gasteiger partial charge in [-0.25, -0.2) is 9.97 Å². The molecule has 0 N–H and O–H groups in total. The van der Waals surface area contributed by atoms with Crippen molar-refractivity contribution in [3.63, 3.8) is 0 Å². The Bertz CT molecular complexity index is 316. The lowest BCUT2D eigenvalue weighted by molar-refractivity contribution is 0.831. The van der Waals surface area contributed by atoms with Crippen LogP contribution in [0, 0.1) is 11.3 Å². The van der Waals surface area contributed by atoms with E-state index < -0.39 is 0 Å². The zero-order valence-corrected chi connectivity index (χ0v) is 7.86. The Kier molecular flexibility index (Phi) is 3.21. The van der Waals surface area contributed by atoms with E-state index in [2.05, 4.69) is 16.9 Å². The highest BCUT2D eigenvalue weighted by molar-refractivity contribution is 5.48. The molecule has 0 unspecified atom stereocenters. The summed E-state index contributed by atoms with van der Waals surface area (Å²) in [6.45, 7) is 2.96. The highest BCUT2D eigenvalue weighted by atomic mass is 15.2. The van der Waals surface area contributed by atoms with E-state index >= 15 is 0 Å². The van der Waals surface area contributed by atoms with Crippen LogP contribution in [-0.4, -0.2) is 23.6 Å². The normalized spacial score (nSPS) is 9.31. The summed E-state index contributed by atoms with van der Waals surface area (Å²) < 4.78 is 0. The number of hydrogen-bond acceptors (Lipinski definition) is 4. The standard InChI is InChI=1S/C9H12N4/c1-3-6-13(2)9-8(7-10)11-4-5-12-9/h4-5H,3,6H2,1-2H3. The minimum atomic E-state index is 0.387. The second kappa shape index (κ2) is 4.41. The Morgan fingerprint density at radius 1 is 1.46 bits per heavy atom. The van der Waals surface area contributed by atoms with E-state index in [0.29, 0.717) is 11.5 Å². The summed E-state index contributed by atoms with van der Waals surface area (Å²) in [5.41, 5.74) is 0.387. The largest absolute Gasteiger partial charge is 0.357 e. The molecular formula is C9H12N4. The molecule has 4 heteroatoms. The van der Waals surface area contributed by atoms with Crippen molar-refractivity contribution in [2.45, 2.75) is 13.3 Å². The fraction of sp³-hybridized carbons (Fsp3) is 0.444. The summed E-state index contributed by atoms with van der Waals surface area (Å²) >= 11 is 0. The molecule has 1 aromatic rings. The van der Waals surface area contributed by atoms with Crippen molar-refractivity contribution in [1.29, 1.82) is 5.26 Å². The molecule has 1 rings (SSSR count). The van der Waals surface area contributed by atoms with Crippen LogP contribution in [0.1, 0.15) is 19.0 Å². The fourth-order valence-corrected chi connectivity index (χ4v) is 1.13. The van der Waals surface area contributed by atoms with Crippen molar-refractivity contribution in [2.75, 3.05) is 18.5 Å². The van der Waals surface area contributed by atoms with Gasteiger partial charge >= 0.3 is 0 Å². The van der Waals surface area contributed by atoms with Gasteiger partial charge < -0.3 is 4.90 Å². The quantitative estimate of drug-likeness (QED) is 0.694. The molecule has 4 nitrogen and oxygen atoms in total. The van der Waals surface area contributed by atoms with Gasteiger partial charge in [0.05, 0.1) is 0 Å². The number of aromatic nitrogens is 2. The van der Waals surface area contributed by atoms with Gasteiger partial charge in [-0.3, -0.25) is 0 Å². The van der Waals surface area contributed by atoms with Crippen LogP contribution in [0.2, 0.25) is 0 Å². The van der Waals surface area contributed by atoms with Gasteiger partial charge in [0.15, 0.2) is 11.5 Å². The van der Waals surface area contributed by atoms with Crippen molar-refractivity contribution in [2.24, 2.45) is 0 Å². The third-order valence-electron chi connectivity index (χ3n) is 1.71. The van der Waals surface area contributed by atoms with Gasteiger partial charge in [-0.15, -0.1) is 0 Å². The molecule has 1 aromatic heterocycles. The number of hydrogen-bond donors (Lipinski definition) is 0. The maximum absolute atomic E-state index is 8.76. The predicted octanol–water partition coefficient (Wildman–Crippen LogP) is 1.19. The first-order chi connectivity index (χ1) is 6.29. The predicted molar refractivity (Wildman–Crippen MR) is 50.3 cm³/mol. The summed E-state index contributed by atoms with van der Waals surface area (Å²) in [7, 11) is 1.91. The van der Waals surface area contributed by atoms with E-state index in [1.54, 1.807) is 6.20 Å². The summed E-state index contributed by atoms with van der Waals surface area (Å²) in [6, 6.07) is 2.02. The first kappa shape index (κ1) is 9.46. The lowest BCUT2D eigenvalue weighted by Crippen LogP contribution is -2.20. The summed E-state index contributed by atoms with van der Waals surface area (Å²) in [5.74, 6) is 0.659. The monoisotopic (exact) mass is 176 g/mol. The van der Waals surface area contributed by atoms with Gasteiger partial charge in [0.1, 0.15) is 6.07 Å². The maximum Gasteiger partial charge on any atom is 0.183 e. The molecule has 0 aliphatic rings. The highest BCUT2D eigenvalue weighted by Gasteiger charge is 2.07. The first-order valence-corrected chi connectivity index (χ1v) is 4.21. The van der Waals surface area contributed by atoms with Crippen molar-refractivity contribution >= 4 is 5.82 Å². The van der Waals surface area contributed by atoms with Crippen LogP contribution in [0.3, 0.4) is 0 Å². The van der Waals surface area contributed by atoms with E-state index in [1.165, 1.54) is 6.20 Å². The van der Waals surface area contributed by atoms with E-state index in [4.69, 9.17) is 5.26 Å². The molecule has 0 radical (unpaired) electrons. The maximum atomic E-state index is 8.76. The SMILES string of the molecule is CCCN(C)c1nccnc1C#N. The Morgan fingerprint density at radius 2 is 2.15 bits per heavy atom. The van der Waals surface area contributed by atoms with Crippen LogP contribution in [0.25, 0.3) is 0 Å². The molecule has 0 saturated heterocycles. The lowest BCUT2D eigenvalue weighted by atomic mass is 10.3. The van der Waals surface area contributed by atoms with Gasteiger partial charge in [0, 0.05) is 26.0 Å². The highest BCUT2D eigenvalue weighted by Crippen LogP contribution is 2.11. The number of anilines is 1.